The van der Waals surface area contributed by atoms with E-state index in [1.165, 1.54) is 11.0 Å². The lowest BCUT2D eigenvalue weighted by atomic mass is 9.49. The lowest BCUT2D eigenvalue weighted by Gasteiger charge is -2.60. The van der Waals surface area contributed by atoms with E-state index in [1.54, 1.807) is 26.2 Å². The fraction of sp³-hybridized carbons (Fsp3) is 0.593. The number of phenolic OH excluding ortho intramolecular Hbond substituents is 1. The summed E-state index contributed by atoms with van der Waals surface area (Å²) in [6.45, 7) is 7.93. The zero-order valence-electron chi connectivity index (χ0n) is 22.0. The number of primary amides is 1. The molecule has 3 aliphatic carbocycles. The highest BCUT2D eigenvalue weighted by molar-refractivity contribution is 6.23. The number of nitrogens with one attached hydrogen (secondary N) is 1. The van der Waals surface area contributed by atoms with Gasteiger partial charge in [-0.25, -0.2) is 0 Å². The van der Waals surface area contributed by atoms with Crippen LogP contribution in [0.4, 0.5) is 0 Å². The average molecular weight is 516 g/mol. The molecular weight excluding hydrogens is 478 g/mol. The highest BCUT2D eigenvalue weighted by atomic mass is 16.3. The number of aromatic hydroxyl groups is 1. The first kappa shape index (κ1) is 27.3. The largest absolute Gasteiger partial charge is 0.510 e. The van der Waals surface area contributed by atoms with Crippen molar-refractivity contribution in [3.63, 3.8) is 0 Å². The Kier molecular flexibility index (Phi) is 6.56. The third kappa shape index (κ3) is 3.89. The van der Waals surface area contributed by atoms with E-state index in [9.17, 15) is 34.8 Å². The van der Waals surface area contributed by atoms with Gasteiger partial charge in [0.15, 0.2) is 11.4 Å². The highest BCUT2D eigenvalue weighted by Gasteiger charge is 2.70. The van der Waals surface area contributed by atoms with Gasteiger partial charge in [-0.2, -0.15) is 0 Å². The van der Waals surface area contributed by atoms with Crippen molar-refractivity contribution in [3.8, 4) is 5.75 Å². The molecule has 7 N–H and O–H groups in total. The monoisotopic (exact) mass is 515 g/mol. The van der Waals surface area contributed by atoms with Crippen LogP contribution >= 0.6 is 0 Å². The number of rotatable bonds is 4. The van der Waals surface area contributed by atoms with Crippen LogP contribution in [0.3, 0.4) is 0 Å². The SMILES string of the molecule is C[C@H]1c2cccc(O)c2C(=O)C2[C@@H]1[C@H](O)[C@H]1[C@H](N(C)C)C(O)=C(C(N)=O)C(=O)[C@@]1(O)[C@H]2NCC(C)(C)C. The second-order valence-electron chi connectivity index (χ2n) is 12.1. The molecule has 4 rings (SSSR count). The van der Waals surface area contributed by atoms with E-state index < -0.39 is 76.3 Å². The molecule has 0 radical (unpaired) electrons. The number of hydrogen-bond donors (Lipinski definition) is 6. The first-order chi connectivity index (χ1) is 17.1. The second kappa shape index (κ2) is 8.90. The van der Waals surface area contributed by atoms with Gasteiger partial charge in [-0.1, -0.05) is 39.8 Å². The standard InChI is InChI=1S/C27H37N3O7/c1-11-12-8-7-9-13(31)15(12)20(32)16-14(11)21(33)18-19(30(5)6)22(34)17(25(28)36)24(35)27(18,37)23(16)29-10-26(2,3)4/h7-9,11,14,16,18-19,21,23,29,31,33-34,37H,10H2,1-6H3,(H2,28,36)/t11-,14+,16?,18+,19-,21-,23-,27-/m0/s1. The minimum absolute atomic E-state index is 0.0917. The van der Waals surface area contributed by atoms with Gasteiger partial charge in [0.25, 0.3) is 5.91 Å². The zero-order valence-corrected chi connectivity index (χ0v) is 22.0. The molecule has 0 spiro atoms. The van der Waals surface area contributed by atoms with E-state index in [0.717, 1.165) is 0 Å². The van der Waals surface area contributed by atoms with Crippen LogP contribution in [0.5, 0.6) is 5.75 Å². The molecule has 3 aliphatic rings. The lowest BCUT2D eigenvalue weighted by Crippen LogP contribution is -2.78. The molecule has 1 saturated carbocycles. The van der Waals surface area contributed by atoms with Gasteiger partial charge in [0.2, 0.25) is 5.78 Å². The van der Waals surface area contributed by atoms with Crippen molar-refractivity contribution in [2.75, 3.05) is 20.6 Å². The number of carbonyl (C=O) groups excluding carboxylic acids is 3. The number of nitrogens with two attached hydrogens (primary N) is 1. The summed E-state index contributed by atoms with van der Waals surface area (Å²) in [6, 6.07) is 2.37. The number of fused-ring (bicyclic) bond motifs is 3. The molecule has 202 valence electrons. The number of benzene rings is 1. The summed E-state index contributed by atoms with van der Waals surface area (Å²) >= 11 is 0. The number of aliphatic hydroxyl groups is 3. The molecule has 0 aliphatic heterocycles. The molecule has 0 aromatic heterocycles. The zero-order chi connectivity index (χ0) is 27.8. The topological polar surface area (TPSA) is 173 Å². The van der Waals surface area contributed by atoms with Crippen LogP contribution in [0, 0.1) is 23.2 Å². The molecule has 8 atom stereocenters. The third-order valence-corrected chi connectivity index (χ3v) is 8.33. The molecule has 1 amide bonds. The van der Waals surface area contributed by atoms with Gasteiger partial charge in [-0.05, 0) is 37.1 Å². The quantitative estimate of drug-likeness (QED) is 0.311. The van der Waals surface area contributed by atoms with Crippen LogP contribution < -0.4 is 11.1 Å². The number of hydrogen-bond acceptors (Lipinski definition) is 9. The summed E-state index contributed by atoms with van der Waals surface area (Å²) in [4.78, 5) is 41.7. The fourth-order valence-electron chi connectivity index (χ4n) is 6.79. The first-order valence-corrected chi connectivity index (χ1v) is 12.5. The van der Waals surface area contributed by atoms with Gasteiger partial charge in [0.1, 0.15) is 17.1 Å². The van der Waals surface area contributed by atoms with Gasteiger partial charge in [0, 0.05) is 24.3 Å². The Labute approximate surface area is 216 Å². The van der Waals surface area contributed by atoms with E-state index in [1.807, 2.05) is 27.7 Å². The Morgan fingerprint density at radius 3 is 2.35 bits per heavy atom. The Hall–Kier alpha value is -2.79. The van der Waals surface area contributed by atoms with Gasteiger partial charge in [-0.15, -0.1) is 0 Å². The predicted molar refractivity (Wildman–Crippen MR) is 135 cm³/mol. The van der Waals surface area contributed by atoms with Crippen molar-refractivity contribution in [2.45, 2.75) is 57.4 Å². The lowest BCUT2D eigenvalue weighted by molar-refractivity contribution is -0.192. The number of likely N-dealkylation sites (N-methyl/N-ethyl adjacent to an activating group) is 1. The van der Waals surface area contributed by atoms with E-state index >= 15 is 0 Å². The maximum Gasteiger partial charge on any atom is 0.255 e. The van der Waals surface area contributed by atoms with Gasteiger partial charge in [0.05, 0.1) is 23.8 Å². The number of carbonyl (C=O) groups is 3. The molecule has 1 aromatic rings. The Balaban J connectivity index is 2.02. The van der Waals surface area contributed by atoms with Crippen LogP contribution in [0.15, 0.2) is 29.5 Å². The van der Waals surface area contributed by atoms with E-state index in [-0.39, 0.29) is 23.3 Å². The van der Waals surface area contributed by atoms with Crippen LogP contribution in [0.2, 0.25) is 0 Å². The van der Waals surface area contributed by atoms with Crippen LogP contribution in [0.25, 0.3) is 0 Å². The van der Waals surface area contributed by atoms with Crippen molar-refractivity contribution >= 4 is 17.5 Å². The molecule has 0 saturated heterocycles. The van der Waals surface area contributed by atoms with Crippen molar-refractivity contribution in [3.05, 3.63) is 40.7 Å². The Morgan fingerprint density at radius 2 is 1.81 bits per heavy atom. The summed E-state index contributed by atoms with van der Waals surface area (Å²) in [5, 5.41) is 49.1. The summed E-state index contributed by atoms with van der Waals surface area (Å²) in [5.41, 5.74) is 2.60. The van der Waals surface area contributed by atoms with Crippen molar-refractivity contribution < 1.29 is 34.8 Å². The Bertz CT molecular complexity index is 1190. The number of nitrogens with zero attached hydrogens (tertiary/aromatic N) is 1. The van der Waals surface area contributed by atoms with Crippen molar-refractivity contribution in [1.29, 1.82) is 0 Å². The minimum atomic E-state index is -2.46. The van der Waals surface area contributed by atoms with Crippen molar-refractivity contribution in [1.82, 2.24) is 10.2 Å². The molecule has 0 bridgehead atoms. The normalized spacial score (nSPS) is 35.8. The molecular formula is C27H37N3O7. The molecule has 0 heterocycles. The molecule has 10 heteroatoms. The van der Waals surface area contributed by atoms with Gasteiger partial charge in [-0.3, -0.25) is 19.3 Å². The fourth-order valence-corrected chi connectivity index (χ4v) is 6.79. The summed E-state index contributed by atoms with van der Waals surface area (Å²) in [7, 11) is 3.18. The molecule has 1 fully saturated rings. The van der Waals surface area contributed by atoms with E-state index in [0.29, 0.717) is 5.56 Å². The number of aliphatic hydroxyl groups excluding tert-OH is 2. The van der Waals surface area contributed by atoms with E-state index in [2.05, 4.69) is 5.32 Å². The summed E-state index contributed by atoms with van der Waals surface area (Å²) < 4.78 is 0. The molecule has 1 unspecified atom stereocenters. The third-order valence-electron chi connectivity index (χ3n) is 8.33. The van der Waals surface area contributed by atoms with Gasteiger partial charge < -0.3 is 31.5 Å². The first-order valence-electron chi connectivity index (χ1n) is 12.5. The van der Waals surface area contributed by atoms with Crippen LogP contribution in [-0.4, -0.2) is 87.2 Å². The smallest absolute Gasteiger partial charge is 0.255 e. The highest BCUT2D eigenvalue weighted by Crippen LogP contribution is 2.56. The predicted octanol–water partition coefficient (Wildman–Crippen LogP) is 0.461. The maximum absolute atomic E-state index is 14.0. The number of ketones is 2. The molecule has 10 nitrogen and oxygen atoms in total. The second-order valence-corrected chi connectivity index (χ2v) is 12.1. The molecule has 1 aromatic carbocycles. The Morgan fingerprint density at radius 1 is 1.19 bits per heavy atom. The van der Waals surface area contributed by atoms with Gasteiger partial charge >= 0.3 is 0 Å². The van der Waals surface area contributed by atoms with Crippen molar-refractivity contribution in [2.24, 2.45) is 28.9 Å². The van der Waals surface area contributed by atoms with Crippen LogP contribution in [0.1, 0.15) is 49.5 Å². The average Bonchev–Trinajstić information content (AvgIpc) is 2.77. The summed E-state index contributed by atoms with van der Waals surface area (Å²) in [6.07, 6.45) is -1.43. The minimum Gasteiger partial charge on any atom is -0.510 e. The number of Topliss-reactive ketones (excluding diaryl/α,β-unsaturated/α-hetero) is 2. The number of amides is 1. The number of phenols is 1. The van der Waals surface area contributed by atoms with Crippen LogP contribution in [-0.2, 0) is 9.59 Å². The summed E-state index contributed by atoms with van der Waals surface area (Å²) in [5.74, 6) is -7.29. The molecule has 37 heavy (non-hydrogen) atoms. The van der Waals surface area contributed by atoms with E-state index in [4.69, 9.17) is 5.73 Å². The maximum atomic E-state index is 14.0.